The lowest BCUT2D eigenvalue weighted by molar-refractivity contribution is 0.127. The zero-order chi connectivity index (χ0) is 16.7. The zero-order valence-electron chi connectivity index (χ0n) is 14.7. The van der Waals surface area contributed by atoms with Crippen molar-refractivity contribution >= 4 is 41.3 Å². The summed E-state index contributed by atoms with van der Waals surface area (Å²) in [6.07, 6.45) is 1.72. The van der Waals surface area contributed by atoms with E-state index in [4.69, 9.17) is 4.74 Å². The summed E-state index contributed by atoms with van der Waals surface area (Å²) in [7, 11) is 1.76. The highest BCUT2D eigenvalue weighted by Gasteiger charge is 2.34. The Morgan fingerprint density at radius 2 is 2.29 bits per heavy atom. The van der Waals surface area contributed by atoms with Gasteiger partial charge in [0.15, 0.2) is 5.96 Å². The van der Waals surface area contributed by atoms with Crippen LogP contribution in [0.1, 0.15) is 43.3 Å². The molecular weight excluding hydrogens is 439 g/mol. The highest BCUT2D eigenvalue weighted by atomic mass is 127. The van der Waals surface area contributed by atoms with Crippen LogP contribution < -0.4 is 10.6 Å². The molecule has 1 saturated heterocycles. The first-order valence-electron chi connectivity index (χ1n) is 8.16. The minimum Gasteiger partial charge on any atom is -0.396 e. The lowest BCUT2D eigenvalue weighted by Gasteiger charge is -2.27. The van der Waals surface area contributed by atoms with E-state index in [0.29, 0.717) is 19.1 Å². The topological polar surface area (TPSA) is 78.8 Å². The van der Waals surface area contributed by atoms with Gasteiger partial charge in [-0.25, -0.2) is 4.98 Å². The van der Waals surface area contributed by atoms with Crippen LogP contribution in [0.3, 0.4) is 0 Å². The summed E-state index contributed by atoms with van der Waals surface area (Å²) in [6.45, 7) is 7.37. The molecule has 0 aromatic carbocycles. The van der Waals surface area contributed by atoms with Crippen LogP contribution >= 0.6 is 35.3 Å². The van der Waals surface area contributed by atoms with Crippen LogP contribution in [0.25, 0.3) is 0 Å². The number of thiazole rings is 1. The van der Waals surface area contributed by atoms with Gasteiger partial charge in [-0.05, 0) is 12.8 Å². The molecule has 0 aliphatic carbocycles. The molecule has 1 aliphatic heterocycles. The molecule has 1 aliphatic rings. The van der Waals surface area contributed by atoms with Crippen molar-refractivity contribution in [2.75, 3.05) is 33.4 Å². The summed E-state index contributed by atoms with van der Waals surface area (Å²) in [4.78, 5) is 8.88. The Kier molecular flexibility index (Phi) is 9.47. The molecule has 0 amide bonds. The zero-order valence-corrected chi connectivity index (χ0v) is 17.8. The van der Waals surface area contributed by atoms with Crippen molar-refractivity contribution < 1.29 is 9.84 Å². The SMILES string of the molecule is CN=C(NCc1csc(C(C)C)n1)NCC1(CCO)CCOC1.I. The average molecular weight is 468 g/mol. The van der Waals surface area contributed by atoms with Gasteiger partial charge >= 0.3 is 0 Å². The van der Waals surface area contributed by atoms with Crippen molar-refractivity contribution in [3.8, 4) is 0 Å². The Hall–Kier alpha value is -0.450. The second-order valence-electron chi connectivity index (χ2n) is 6.39. The molecular formula is C16H29IN4O2S. The maximum absolute atomic E-state index is 9.28. The van der Waals surface area contributed by atoms with E-state index in [0.717, 1.165) is 42.7 Å². The van der Waals surface area contributed by atoms with Gasteiger partial charge < -0.3 is 20.5 Å². The number of hydrogen-bond acceptors (Lipinski definition) is 5. The van der Waals surface area contributed by atoms with Gasteiger partial charge in [0.1, 0.15) is 0 Å². The van der Waals surface area contributed by atoms with Crippen LogP contribution in [0, 0.1) is 5.41 Å². The van der Waals surface area contributed by atoms with Crippen LogP contribution in [0.5, 0.6) is 0 Å². The summed E-state index contributed by atoms with van der Waals surface area (Å²) in [5.74, 6) is 1.22. The fourth-order valence-corrected chi connectivity index (χ4v) is 3.48. The predicted molar refractivity (Wildman–Crippen MR) is 109 cm³/mol. The molecule has 2 heterocycles. The van der Waals surface area contributed by atoms with Crippen LogP contribution in [0.4, 0.5) is 0 Å². The standard InChI is InChI=1S/C16H28N4O2S.HI/c1-12(2)14-20-13(9-23-14)8-18-15(17-3)19-10-16(4-6-21)5-7-22-11-16;/h9,12,21H,4-8,10-11H2,1-3H3,(H2,17,18,19);1H. The Labute approximate surface area is 165 Å². The second kappa shape index (κ2) is 10.5. The van der Waals surface area contributed by atoms with Crippen molar-refractivity contribution in [3.05, 3.63) is 16.1 Å². The van der Waals surface area contributed by atoms with Gasteiger partial charge in [0.2, 0.25) is 0 Å². The highest BCUT2D eigenvalue weighted by molar-refractivity contribution is 14.0. The summed E-state index contributed by atoms with van der Waals surface area (Å²) in [5, 5.41) is 19.2. The van der Waals surface area contributed by atoms with Gasteiger partial charge in [0, 0.05) is 43.5 Å². The Morgan fingerprint density at radius 3 is 2.83 bits per heavy atom. The first-order chi connectivity index (χ1) is 11.1. The largest absolute Gasteiger partial charge is 0.396 e. The summed E-state index contributed by atoms with van der Waals surface area (Å²) < 4.78 is 5.51. The number of hydrogen-bond donors (Lipinski definition) is 3. The summed E-state index contributed by atoms with van der Waals surface area (Å²) in [5.41, 5.74) is 1.05. The number of guanidine groups is 1. The van der Waals surface area contributed by atoms with Gasteiger partial charge in [-0.2, -0.15) is 0 Å². The number of aliphatic hydroxyl groups excluding tert-OH is 1. The summed E-state index contributed by atoms with van der Waals surface area (Å²) >= 11 is 1.70. The first kappa shape index (κ1) is 21.6. The quantitative estimate of drug-likeness (QED) is 0.325. The molecule has 138 valence electrons. The van der Waals surface area contributed by atoms with Crippen LogP contribution in [0.2, 0.25) is 0 Å². The van der Waals surface area contributed by atoms with E-state index in [-0.39, 0.29) is 36.0 Å². The van der Waals surface area contributed by atoms with Gasteiger partial charge in [-0.15, -0.1) is 35.3 Å². The lowest BCUT2D eigenvalue weighted by atomic mass is 9.84. The smallest absolute Gasteiger partial charge is 0.191 e. The number of aromatic nitrogens is 1. The average Bonchev–Trinajstić information content (AvgIpc) is 3.18. The van der Waals surface area contributed by atoms with Crippen LogP contribution in [-0.2, 0) is 11.3 Å². The molecule has 1 aromatic rings. The minimum atomic E-state index is 0. The molecule has 0 radical (unpaired) electrons. The van der Waals surface area contributed by atoms with Crippen molar-refractivity contribution in [1.82, 2.24) is 15.6 Å². The first-order valence-corrected chi connectivity index (χ1v) is 9.04. The van der Waals surface area contributed by atoms with Gasteiger partial charge in [-0.1, -0.05) is 13.8 Å². The molecule has 0 bridgehead atoms. The molecule has 6 nitrogen and oxygen atoms in total. The van der Waals surface area contributed by atoms with E-state index in [1.807, 2.05) is 0 Å². The van der Waals surface area contributed by atoms with Crippen LogP contribution in [0.15, 0.2) is 10.4 Å². The Balaban J connectivity index is 0.00000288. The van der Waals surface area contributed by atoms with E-state index in [9.17, 15) is 5.11 Å². The number of aliphatic imine (C=N–C) groups is 1. The maximum atomic E-state index is 9.28. The maximum Gasteiger partial charge on any atom is 0.191 e. The van der Waals surface area contributed by atoms with Crippen molar-refractivity contribution in [3.63, 3.8) is 0 Å². The number of halogens is 1. The summed E-state index contributed by atoms with van der Waals surface area (Å²) in [6, 6.07) is 0. The van der Waals surface area contributed by atoms with Gasteiger partial charge in [0.05, 0.1) is 23.9 Å². The minimum absolute atomic E-state index is 0. The third-order valence-corrected chi connectivity index (χ3v) is 5.38. The predicted octanol–water partition coefficient (Wildman–Crippen LogP) is 2.34. The van der Waals surface area contributed by atoms with E-state index >= 15 is 0 Å². The van der Waals surface area contributed by atoms with E-state index < -0.39 is 0 Å². The fraction of sp³-hybridized carbons (Fsp3) is 0.750. The Morgan fingerprint density at radius 1 is 1.50 bits per heavy atom. The van der Waals surface area contributed by atoms with Gasteiger partial charge in [0.25, 0.3) is 0 Å². The number of nitrogens with zero attached hydrogens (tertiary/aromatic N) is 2. The van der Waals surface area contributed by atoms with Crippen LogP contribution in [-0.4, -0.2) is 49.5 Å². The number of rotatable bonds is 7. The third kappa shape index (κ3) is 6.12. The van der Waals surface area contributed by atoms with Gasteiger partial charge in [-0.3, -0.25) is 4.99 Å². The van der Waals surface area contributed by atoms with E-state index in [1.165, 1.54) is 0 Å². The number of ether oxygens (including phenoxy) is 1. The lowest BCUT2D eigenvalue weighted by Crippen LogP contribution is -2.44. The van der Waals surface area contributed by atoms with Crippen molar-refractivity contribution in [2.24, 2.45) is 10.4 Å². The highest BCUT2D eigenvalue weighted by Crippen LogP contribution is 2.31. The second-order valence-corrected chi connectivity index (χ2v) is 7.28. The number of aliphatic hydroxyl groups is 1. The van der Waals surface area contributed by atoms with E-state index in [1.54, 1.807) is 18.4 Å². The molecule has 1 aromatic heterocycles. The molecule has 24 heavy (non-hydrogen) atoms. The molecule has 1 unspecified atom stereocenters. The monoisotopic (exact) mass is 468 g/mol. The number of nitrogens with one attached hydrogen (secondary N) is 2. The molecule has 1 atom stereocenters. The Bertz CT molecular complexity index is 516. The van der Waals surface area contributed by atoms with Crippen molar-refractivity contribution in [2.45, 2.75) is 39.2 Å². The van der Waals surface area contributed by atoms with E-state index in [2.05, 4.69) is 39.8 Å². The van der Waals surface area contributed by atoms with Crippen molar-refractivity contribution in [1.29, 1.82) is 0 Å². The molecule has 0 spiro atoms. The fourth-order valence-electron chi connectivity index (χ4n) is 2.65. The molecule has 8 heteroatoms. The molecule has 0 saturated carbocycles. The molecule has 1 fully saturated rings. The third-order valence-electron chi connectivity index (χ3n) is 4.18. The molecule has 2 rings (SSSR count). The normalized spacial score (nSPS) is 21.0. The molecule has 3 N–H and O–H groups in total.